The SMILES string of the molecule is CCC(C)(Nc1cccc(OC(C)C)c1[N+](=O)[O-])C(=O)O. The summed E-state index contributed by atoms with van der Waals surface area (Å²) in [6.07, 6.45) is 0.0466. The number of rotatable bonds is 7. The van der Waals surface area contributed by atoms with Gasteiger partial charge in [0.1, 0.15) is 11.2 Å². The van der Waals surface area contributed by atoms with Crippen LogP contribution in [-0.4, -0.2) is 27.6 Å². The van der Waals surface area contributed by atoms with Crippen LogP contribution in [0.4, 0.5) is 11.4 Å². The molecule has 0 aromatic heterocycles. The highest BCUT2D eigenvalue weighted by atomic mass is 16.6. The van der Waals surface area contributed by atoms with Crippen molar-refractivity contribution in [3.8, 4) is 5.75 Å². The third-order valence-corrected chi connectivity index (χ3v) is 3.13. The van der Waals surface area contributed by atoms with Crippen molar-refractivity contribution in [2.24, 2.45) is 0 Å². The van der Waals surface area contributed by atoms with Crippen molar-refractivity contribution in [3.05, 3.63) is 28.3 Å². The number of anilines is 1. The highest BCUT2D eigenvalue weighted by Crippen LogP contribution is 2.37. The summed E-state index contributed by atoms with van der Waals surface area (Å²) >= 11 is 0. The number of nitro groups is 1. The van der Waals surface area contributed by atoms with Crippen LogP contribution in [-0.2, 0) is 4.79 Å². The van der Waals surface area contributed by atoms with E-state index in [4.69, 9.17) is 4.74 Å². The number of aliphatic carboxylic acids is 1. The summed E-state index contributed by atoms with van der Waals surface area (Å²) in [7, 11) is 0. The molecule has 1 aromatic rings. The van der Waals surface area contributed by atoms with Crippen LogP contribution in [0.1, 0.15) is 34.1 Å². The zero-order chi connectivity index (χ0) is 16.2. The molecule has 0 amide bonds. The fourth-order valence-electron chi connectivity index (χ4n) is 1.75. The van der Waals surface area contributed by atoms with Crippen LogP contribution in [0.25, 0.3) is 0 Å². The molecule has 0 aliphatic heterocycles. The molecule has 1 rings (SSSR count). The molecule has 1 aromatic carbocycles. The Morgan fingerprint density at radius 1 is 1.52 bits per heavy atom. The average Bonchev–Trinajstić information content (AvgIpc) is 2.37. The van der Waals surface area contributed by atoms with Crippen molar-refractivity contribution in [1.82, 2.24) is 0 Å². The molecule has 0 fully saturated rings. The van der Waals surface area contributed by atoms with E-state index in [-0.39, 0.29) is 29.6 Å². The quantitative estimate of drug-likeness (QED) is 0.592. The summed E-state index contributed by atoms with van der Waals surface area (Å²) in [5.74, 6) is -0.960. The minimum atomic E-state index is -1.29. The molecule has 0 aliphatic rings. The van der Waals surface area contributed by atoms with Gasteiger partial charge in [0, 0.05) is 0 Å². The van der Waals surface area contributed by atoms with Crippen LogP contribution in [0.3, 0.4) is 0 Å². The number of benzene rings is 1. The lowest BCUT2D eigenvalue weighted by molar-refractivity contribution is -0.385. The molecule has 0 bridgehead atoms. The van der Waals surface area contributed by atoms with Crippen LogP contribution in [0, 0.1) is 10.1 Å². The number of ether oxygens (including phenoxy) is 1. The zero-order valence-corrected chi connectivity index (χ0v) is 12.5. The molecule has 1 unspecified atom stereocenters. The first kappa shape index (κ1) is 16.7. The van der Waals surface area contributed by atoms with Gasteiger partial charge in [-0.15, -0.1) is 0 Å². The van der Waals surface area contributed by atoms with Gasteiger partial charge in [0.25, 0.3) is 0 Å². The van der Waals surface area contributed by atoms with Gasteiger partial charge in [-0.2, -0.15) is 0 Å². The monoisotopic (exact) mass is 296 g/mol. The Morgan fingerprint density at radius 2 is 2.14 bits per heavy atom. The smallest absolute Gasteiger partial charge is 0.333 e. The van der Waals surface area contributed by atoms with E-state index in [0.29, 0.717) is 0 Å². The Balaban J connectivity index is 3.30. The number of para-hydroxylation sites is 1. The highest BCUT2D eigenvalue weighted by molar-refractivity contribution is 5.84. The normalized spacial score (nSPS) is 13.6. The Labute approximate surface area is 123 Å². The molecule has 0 radical (unpaired) electrons. The number of carboxylic acid groups (broad SMARTS) is 1. The average molecular weight is 296 g/mol. The minimum Gasteiger partial charge on any atom is -0.484 e. The van der Waals surface area contributed by atoms with Crippen molar-refractivity contribution in [2.75, 3.05) is 5.32 Å². The maximum Gasteiger partial charge on any atom is 0.333 e. The zero-order valence-electron chi connectivity index (χ0n) is 12.5. The molecule has 7 nitrogen and oxygen atoms in total. The summed E-state index contributed by atoms with van der Waals surface area (Å²) in [6.45, 7) is 6.70. The van der Waals surface area contributed by atoms with Gasteiger partial charge in [-0.05, 0) is 39.3 Å². The number of nitrogens with one attached hydrogen (secondary N) is 1. The molecule has 0 heterocycles. The number of hydrogen-bond donors (Lipinski definition) is 2. The summed E-state index contributed by atoms with van der Waals surface area (Å²) in [6, 6.07) is 4.56. The van der Waals surface area contributed by atoms with E-state index in [2.05, 4.69) is 5.32 Å². The third-order valence-electron chi connectivity index (χ3n) is 3.13. The van der Waals surface area contributed by atoms with Crippen molar-refractivity contribution >= 4 is 17.3 Å². The van der Waals surface area contributed by atoms with E-state index in [1.165, 1.54) is 19.1 Å². The van der Waals surface area contributed by atoms with Crippen LogP contribution >= 0.6 is 0 Å². The van der Waals surface area contributed by atoms with Gasteiger partial charge in [-0.1, -0.05) is 13.0 Å². The molecule has 0 aliphatic carbocycles. The molecule has 0 spiro atoms. The van der Waals surface area contributed by atoms with Crippen LogP contribution < -0.4 is 10.1 Å². The number of nitro benzene ring substituents is 1. The van der Waals surface area contributed by atoms with Gasteiger partial charge in [0.15, 0.2) is 5.75 Å². The number of carboxylic acids is 1. The summed E-state index contributed by atoms with van der Waals surface area (Å²) in [4.78, 5) is 22.1. The van der Waals surface area contributed by atoms with Gasteiger partial charge in [0.2, 0.25) is 0 Å². The van der Waals surface area contributed by atoms with Crippen molar-refractivity contribution < 1.29 is 19.6 Å². The Hall–Kier alpha value is -2.31. The number of nitrogens with zero attached hydrogens (tertiary/aromatic N) is 1. The predicted molar refractivity (Wildman–Crippen MR) is 78.8 cm³/mol. The van der Waals surface area contributed by atoms with Gasteiger partial charge >= 0.3 is 11.7 Å². The lowest BCUT2D eigenvalue weighted by atomic mass is 9.98. The molecule has 116 valence electrons. The molecular formula is C14H20N2O5. The van der Waals surface area contributed by atoms with Crippen molar-refractivity contribution in [3.63, 3.8) is 0 Å². The minimum absolute atomic E-state index is 0.115. The fraction of sp³-hybridized carbons (Fsp3) is 0.500. The van der Waals surface area contributed by atoms with Gasteiger partial charge in [0.05, 0.1) is 11.0 Å². The second-order valence-corrected chi connectivity index (χ2v) is 5.19. The molecule has 0 saturated heterocycles. The second-order valence-electron chi connectivity index (χ2n) is 5.19. The lowest BCUT2D eigenvalue weighted by Gasteiger charge is -2.26. The summed E-state index contributed by atoms with van der Waals surface area (Å²) in [5.41, 5.74) is -1.42. The predicted octanol–water partition coefficient (Wildman–Crippen LogP) is 3.05. The van der Waals surface area contributed by atoms with Crippen LogP contribution in [0.15, 0.2) is 18.2 Å². The molecule has 21 heavy (non-hydrogen) atoms. The Morgan fingerprint density at radius 3 is 2.57 bits per heavy atom. The molecule has 0 saturated carbocycles. The largest absolute Gasteiger partial charge is 0.484 e. The Bertz CT molecular complexity index is 544. The van der Waals surface area contributed by atoms with Crippen molar-refractivity contribution in [2.45, 2.75) is 45.8 Å². The topological polar surface area (TPSA) is 102 Å². The first-order valence-electron chi connectivity index (χ1n) is 6.67. The maximum absolute atomic E-state index is 11.3. The molecular weight excluding hydrogens is 276 g/mol. The Kier molecular flexibility index (Phi) is 5.12. The van der Waals surface area contributed by atoms with E-state index in [1.807, 2.05) is 0 Å². The van der Waals surface area contributed by atoms with Crippen LogP contribution in [0.2, 0.25) is 0 Å². The lowest BCUT2D eigenvalue weighted by Crippen LogP contribution is -2.42. The molecule has 1 atom stereocenters. The maximum atomic E-state index is 11.3. The van der Waals surface area contributed by atoms with Gasteiger partial charge in [-0.3, -0.25) is 10.1 Å². The molecule has 7 heteroatoms. The third kappa shape index (κ3) is 3.84. The fourth-order valence-corrected chi connectivity index (χ4v) is 1.75. The highest BCUT2D eigenvalue weighted by Gasteiger charge is 2.34. The van der Waals surface area contributed by atoms with E-state index < -0.39 is 16.4 Å². The van der Waals surface area contributed by atoms with E-state index >= 15 is 0 Å². The van der Waals surface area contributed by atoms with Gasteiger partial charge < -0.3 is 15.2 Å². The van der Waals surface area contributed by atoms with E-state index in [0.717, 1.165) is 0 Å². The first-order chi connectivity index (χ1) is 9.71. The first-order valence-corrected chi connectivity index (χ1v) is 6.67. The molecule has 2 N–H and O–H groups in total. The second kappa shape index (κ2) is 6.43. The summed E-state index contributed by atoms with van der Waals surface area (Å²) in [5, 5.41) is 23.3. The van der Waals surface area contributed by atoms with Crippen molar-refractivity contribution in [1.29, 1.82) is 0 Å². The summed E-state index contributed by atoms with van der Waals surface area (Å²) < 4.78 is 5.43. The van der Waals surface area contributed by atoms with Crippen LogP contribution in [0.5, 0.6) is 5.75 Å². The van der Waals surface area contributed by atoms with E-state index in [1.54, 1.807) is 26.8 Å². The number of hydrogen-bond acceptors (Lipinski definition) is 5. The standard InChI is InChI=1S/C14H20N2O5/c1-5-14(4,13(17)18)15-10-7-6-8-11(21-9(2)3)12(10)16(19)20/h6-9,15H,5H2,1-4H3,(H,17,18). The van der Waals surface area contributed by atoms with Gasteiger partial charge in [-0.25, -0.2) is 4.79 Å². The van der Waals surface area contributed by atoms with E-state index in [9.17, 15) is 20.0 Å². The number of carbonyl (C=O) groups is 1.